The van der Waals surface area contributed by atoms with E-state index in [4.69, 9.17) is 0 Å². The summed E-state index contributed by atoms with van der Waals surface area (Å²) in [6, 6.07) is 3.55. The number of carbonyl (C=O) groups excluding carboxylic acids is 1. The maximum atomic E-state index is 12.5. The number of nitro groups is 1. The number of alkyl halides is 2. The smallest absolute Gasteiger partial charge is 0.387 e. The van der Waals surface area contributed by atoms with Gasteiger partial charge in [0.1, 0.15) is 23.7 Å². The summed E-state index contributed by atoms with van der Waals surface area (Å²) in [5, 5.41) is 17.2. The molecule has 0 bridgehead atoms. The van der Waals surface area contributed by atoms with E-state index in [1.54, 1.807) is 13.0 Å². The molecule has 0 aliphatic heterocycles. The van der Waals surface area contributed by atoms with Crippen LogP contribution < -0.4 is 10.1 Å². The minimum absolute atomic E-state index is 0.0714. The third-order valence-corrected chi connectivity index (χ3v) is 3.57. The summed E-state index contributed by atoms with van der Waals surface area (Å²) in [6.07, 6.45) is 1.05. The molecule has 8 nitrogen and oxygen atoms in total. The van der Waals surface area contributed by atoms with Crippen molar-refractivity contribution < 1.29 is 23.2 Å². The maximum Gasteiger partial charge on any atom is 0.387 e. The fourth-order valence-electron chi connectivity index (χ4n) is 2.26. The van der Waals surface area contributed by atoms with Crippen molar-refractivity contribution in [1.82, 2.24) is 9.78 Å². The Labute approximate surface area is 141 Å². The molecule has 1 heterocycles. The average Bonchev–Trinajstić information content (AvgIpc) is 2.90. The first kappa shape index (κ1) is 18.3. The van der Waals surface area contributed by atoms with Gasteiger partial charge >= 0.3 is 12.3 Å². The lowest BCUT2D eigenvalue weighted by Crippen LogP contribution is -2.25. The molecule has 1 aromatic heterocycles. The zero-order valence-electron chi connectivity index (χ0n) is 13.7. The highest BCUT2D eigenvalue weighted by Crippen LogP contribution is 2.28. The van der Waals surface area contributed by atoms with Crippen LogP contribution >= 0.6 is 0 Å². The molecule has 134 valence electrons. The number of nitrogens with zero attached hydrogens (tertiary/aromatic N) is 3. The second-order valence-electron chi connectivity index (χ2n) is 5.36. The number of hydrogen-bond acceptors (Lipinski definition) is 5. The van der Waals surface area contributed by atoms with Crippen molar-refractivity contribution >= 4 is 17.3 Å². The van der Waals surface area contributed by atoms with Crippen molar-refractivity contribution in [2.24, 2.45) is 0 Å². The third-order valence-electron chi connectivity index (χ3n) is 3.57. The van der Waals surface area contributed by atoms with Gasteiger partial charge in [-0.3, -0.25) is 19.6 Å². The second-order valence-corrected chi connectivity index (χ2v) is 5.36. The monoisotopic (exact) mass is 354 g/mol. The Kier molecular flexibility index (Phi) is 5.30. The van der Waals surface area contributed by atoms with Gasteiger partial charge in [0.2, 0.25) is 5.91 Å². The molecule has 2 aromatic rings. The van der Waals surface area contributed by atoms with Gasteiger partial charge in [0.25, 0.3) is 0 Å². The summed E-state index contributed by atoms with van der Waals surface area (Å²) in [5.74, 6) is -0.747. The normalized spacial score (nSPS) is 12.1. The summed E-state index contributed by atoms with van der Waals surface area (Å²) in [6.45, 7) is 1.61. The molecular weight excluding hydrogens is 338 g/mol. The van der Waals surface area contributed by atoms with E-state index < -0.39 is 23.5 Å². The number of anilines is 1. The van der Waals surface area contributed by atoms with Gasteiger partial charge in [0.05, 0.1) is 10.6 Å². The van der Waals surface area contributed by atoms with Crippen molar-refractivity contribution in [3.8, 4) is 5.75 Å². The van der Waals surface area contributed by atoms with E-state index in [2.05, 4.69) is 15.2 Å². The molecule has 0 aliphatic carbocycles. The molecule has 1 N–H and O–H groups in total. The zero-order chi connectivity index (χ0) is 18.7. The number of aromatic nitrogens is 2. The van der Waals surface area contributed by atoms with Gasteiger partial charge in [-0.1, -0.05) is 6.07 Å². The number of aryl methyl sites for hydroxylation is 1. The van der Waals surface area contributed by atoms with Crippen LogP contribution in [0.1, 0.15) is 24.2 Å². The van der Waals surface area contributed by atoms with Gasteiger partial charge in [0.15, 0.2) is 0 Å². The van der Waals surface area contributed by atoms with Crippen molar-refractivity contribution in [2.75, 3.05) is 5.32 Å². The minimum atomic E-state index is -3.04. The van der Waals surface area contributed by atoms with Crippen LogP contribution in [0.2, 0.25) is 0 Å². The number of halogens is 2. The van der Waals surface area contributed by atoms with E-state index >= 15 is 0 Å². The van der Waals surface area contributed by atoms with E-state index in [1.165, 1.54) is 30.7 Å². The van der Waals surface area contributed by atoms with Crippen LogP contribution in [0.4, 0.5) is 20.2 Å². The summed E-state index contributed by atoms with van der Waals surface area (Å²) in [5.41, 5.74) is 0.750. The van der Waals surface area contributed by atoms with Crippen molar-refractivity contribution in [2.45, 2.75) is 33.4 Å². The number of ether oxygens (including phenoxy) is 1. The van der Waals surface area contributed by atoms with E-state index in [1.807, 2.05) is 0 Å². The molecule has 10 heteroatoms. The molecule has 0 radical (unpaired) electrons. The number of hydrogen-bond donors (Lipinski definition) is 1. The van der Waals surface area contributed by atoms with Gasteiger partial charge in [-0.2, -0.15) is 13.9 Å². The third kappa shape index (κ3) is 4.08. The fraction of sp³-hybridized carbons (Fsp3) is 0.333. The summed E-state index contributed by atoms with van der Waals surface area (Å²) in [7, 11) is 0. The predicted molar refractivity (Wildman–Crippen MR) is 84.8 cm³/mol. The molecule has 1 amide bonds. The molecule has 0 fully saturated rings. The van der Waals surface area contributed by atoms with Crippen LogP contribution in [0.5, 0.6) is 5.75 Å². The number of rotatable bonds is 6. The van der Waals surface area contributed by atoms with Crippen LogP contribution in [-0.4, -0.2) is 27.2 Å². The quantitative estimate of drug-likeness (QED) is 0.634. The molecule has 0 aliphatic rings. The van der Waals surface area contributed by atoms with E-state index in [9.17, 15) is 23.7 Å². The van der Waals surface area contributed by atoms with Crippen LogP contribution in [0.3, 0.4) is 0 Å². The van der Waals surface area contributed by atoms with E-state index in [-0.39, 0.29) is 22.8 Å². The first-order valence-electron chi connectivity index (χ1n) is 7.25. The Morgan fingerprint density at radius 2 is 2.08 bits per heavy atom. The summed E-state index contributed by atoms with van der Waals surface area (Å²) in [4.78, 5) is 22.6. The van der Waals surface area contributed by atoms with Crippen LogP contribution in [0, 0.1) is 24.0 Å². The fourth-order valence-corrected chi connectivity index (χ4v) is 2.26. The van der Waals surface area contributed by atoms with Gasteiger partial charge in [-0.15, -0.1) is 0 Å². The van der Waals surface area contributed by atoms with Crippen molar-refractivity contribution in [1.29, 1.82) is 0 Å². The van der Waals surface area contributed by atoms with Gasteiger partial charge in [-0.25, -0.2) is 0 Å². The summed E-state index contributed by atoms with van der Waals surface area (Å²) < 4.78 is 30.6. The Bertz CT molecular complexity index is 807. The molecule has 0 spiro atoms. The highest BCUT2D eigenvalue weighted by Gasteiger charge is 2.24. The first-order valence-corrected chi connectivity index (χ1v) is 7.25. The number of nitrogens with one attached hydrogen (secondary N) is 1. The molecule has 1 aromatic carbocycles. The Hall–Kier alpha value is -3.04. The molecule has 2 rings (SSSR count). The largest absolute Gasteiger partial charge is 0.433 e. The topological polar surface area (TPSA) is 99.3 Å². The Morgan fingerprint density at radius 1 is 1.40 bits per heavy atom. The molecular formula is C15H16F2N4O4. The van der Waals surface area contributed by atoms with Gasteiger partial charge in [0, 0.05) is 0 Å². The zero-order valence-corrected chi connectivity index (χ0v) is 13.7. The number of amides is 1. The minimum Gasteiger partial charge on any atom is -0.433 e. The molecule has 0 saturated heterocycles. The van der Waals surface area contributed by atoms with Crippen molar-refractivity contribution in [3.63, 3.8) is 0 Å². The number of carbonyl (C=O) groups is 1. The summed E-state index contributed by atoms with van der Waals surface area (Å²) >= 11 is 0. The van der Waals surface area contributed by atoms with Crippen LogP contribution in [-0.2, 0) is 4.79 Å². The van der Waals surface area contributed by atoms with Crippen LogP contribution in [0.25, 0.3) is 0 Å². The van der Waals surface area contributed by atoms with Crippen LogP contribution in [0.15, 0.2) is 24.4 Å². The SMILES string of the molecule is Cc1ccc(NC(=O)C(C)n2ncc([N+](=O)[O-])c2C)c(OC(F)F)c1. The lowest BCUT2D eigenvalue weighted by Gasteiger charge is -2.16. The standard InChI is InChI=1S/C15H16F2N4O4/c1-8-4-5-11(13(6-8)25-15(16)17)19-14(22)10(3)20-9(2)12(7-18-20)21(23)24/h4-7,10,15H,1-3H3,(H,19,22). The van der Waals surface area contributed by atoms with E-state index in [0.717, 1.165) is 6.20 Å². The molecule has 25 heavy (non-hydrogen) atoms. The lowest BCUT2D eigenvalue weighted by atomic mass is 10.2. The van der Waals surface area contributed by atoms with E-state index in [0.29, 0.717) is 5.56 Å². The highest BCUT2D eigenvalue weighted by molar-refractivity contribution is 5.94. The first-order chi connectivity index (χ1) is 11.7. The Morgan fingerprint density at radius 3 is 2.64 bits per heavy atom. The Balaban J connectivity index is 2.23. The van der Waals surface area contributed by atoms with Gasteiger partial charge < -0.3 is 10.1 Å². The van der Waals surface area contributed by atoms with Crippen molar-refractivity contribution in [3.05, 3.63) is 45.8 Å². The average molecular weight is 354 g/mol. The lowest BCUT2D eigenvalue weighted by molar-refractivity contribution is -0.385. The molecule has 0 saturated carbocycles. The predicted octanol–water partition coefficient (Wildman–Crippen LogP) is 3.21. The maximum absolute atomic E-state index is 12.5. The van der Waals surface area contributed by atoms with Gasteiger partial charge in [-0.05, 0) is 38.5 Å². The molecule has 1 unspecified atom stereocenters. The molecule has 1 atom stereocenters. The second kappa shape index (κ2) is 7.24. The highest BCUT2D eigenvalue weighted by atomic mass is 19.3. The number of benzene rings is 1.